The second kappa shape index (κ2) is 6.81. The number of fused-ring (bicyclic) bond motifs is 1. The predicted octanol–water partition coefficient (Wildman–Crippen LogP) is 0.0709. The van der Waals surface area contributed by atoms with Crippen molar-refractivity contribution in [3.8, 4) is 11.1 Å². The van der Waals surface area contributed by atoms with Crippen molar-refractivity contribution >= 4 is 33.5 Å². The molecule has 1 amide bonds. The molecule has 142 valence electrons. The van der Waals surface area contributed by atoms with Crippen LogP contribution in [0.4, 0.5) is 11.6 Å². The monoisotopic (exact) mass is 391 g/mol. The predicted molar refractivity (Wildman–Crippen MR) is 98.2 cm³/mol. The number of aromatic nitrogens is 4. The van der Waals surface area contributed by atoms with Gasteiger partial charge in [-0.05, 0) is 18.2 Å². The van der Waals surface area contributed by atoms with E-state index < -0.39 is 22.8 Å². The summed E-state index contributed by atoms with van der Waals surface area (Å²) in [7, 11) is -1.71. The van der Waals surface area contributed by atoms with E-state index in [9.17, 15) is 17.8 Å². The number of anilines is 2. The topological polar surface area (TPSA) is 147 Å². The van der Waals surface area contributed by atoms with Gasteiger partial charge in [-0.1, -0.05) is 0 Å². The maximum Gasteiger partial charge on any atom is 0.360 e. The van der Waals surface area contributed by atoms with Crippen LogP contribution in [0.2, 0.25) is 0 Å². The minimum atomic E-state index is -4.68. The first-order valence-electron chi connectivity index (χ1n) is 7.68. The molecule has 3 aromatic rings. The van der Waals surface area contributed by atoms with Crippen molar-refractivity contribution < 1.29 is 17.8 Å². The van der Waals surface area contributed by atoms with Crippen LogP contribution in [-0.4, -0.2) is 64.0 Å². The van der Waals surface area contributed by atoms with Crippen LogP contribution in [0, 0.1) is 0 Å². The molecule has 3 heterocycles. The van der Waals surface area contributed by atoms with Gasteiger partial charge in [0.05, 0.1) is 11.9 Å². The van der Waals surface area contributed by atoms with Gasteiger partial charge < -0.3 is 10.6 Å². The third-order valence-electron chi connectivity index (χ3n) is 3.75. The van der Waals surface area contributed by atoms with Gasteiger partial charge >= 0.3 is 10.3 Å². The summed E-state index contributed by atoms with van der Waals surface area (Å²) >= 11 is 0. The molecule has 12 heteroatoms. The first kappa shape index (κ1) is 18.5. The Morgan fingerprint density at radius 3 is 2.67 bits per heavy atom. The van der Waals surface area contributed by atoms with Crippen LogP contribution in [0.15, 0.2) is 36.8 Å². The second-order valence-corrected chi connectivity index (χ2v) is 7.23. The molecule has 0 atom stereocenters. The molecule has 0 spiro atoms. The molecular formula is C15H17N7O4S. The first-order chi connectivity index (χ1) is 12.6. The summed E-state index contributed by atoms with van der Waals surface area (Å²) in [6, 6.07) is 4.93. The fourth-order valence-electron chi connectivity index (χ4n) is 2.36. The highest BCUT2D eigenvalue weighted by Gasteiger charge is 2.24. The molecule has 0 saturated heterocycles. The van der Waals surface area contributed by atoms with Crippen molar-refractivity contribution in [3.05, 3.63) is 36.8 Å². The molecule has 0 aliphatic carbocycles. The van der Waals surface area contributed by atoms with Crippen LogP contribution in [0.3, 0.4) is 0 Å². The van der Waals surface area contributed by atoms with E-state index in [0.717, 1.165) is 0 Å². The third kappa shape index (κ3) is 3.96. The van der Waals surface area contributed by atoms with Crippen LogP contribution in [0.25, 0.3) is 16.8 Å². The summed E-state index contributed by atoms with van der Waals surface area (Å²) in [5, 5.41) is 4.02. The Morgan fingerprint density at radius 2 is 2.00 bits per heavy atom. The Kier molecular flexibility index (Phi) is 4.68. The van der Waals surface area contributed by atoms with Crippen LogP contribution >= 0.6 is 0 Å². The fraction of sp³-hybridized carbons (Fsp3) is 0.200. The van der Waals surface area contributed by atoms with Crippen LogP contribution in [-0.2, 0) is 15.1 Å². The highest BCUT2D eigenvalue weighted by atomic mass is 32.2. The maximum absolute atomic E-state index is 11.9. The molecule has 0 unspecified atom stereocenters. The van der Waals surface area contributed by atoms with E-state index in [1.807, 2.05) is 0 Å². The zero-order valence-electron chi connectivity index (χ0n) is 14.5. The summed E-state index contributed by atoms with van der Waals surface area (Å²) in [4.78, 5) is 21.2. The normalized spacial score (nSPS) is 11.5. The molecule has 3 N–H and O–H groups in total. The molecule has 27 heavy (non-hydrogen) atoms. The minimum Gasteiger partial charge on any atom is -0.366 e. The quantitative estimate of drug-likeness (QED) is 0.581. The molecule has 0 aliphatic rings. The number of carbonyl (C=O) groups excluding carboxylic acids is 1. The number of nitrogen functional groups attached to an aromatic ring is 1. The van der Waals surface area contributed by atoms with Gasteiger partial charge in [0.2, 0.25) is 11.9 Å². The molecule has 3 rings (SSSR count). The van der Waals surface area contributed by atoms with Gasteiger partial charge in [0, 0.05) is 37.6 Å². The lowest BCUT2D eigenvalue weighted by Crippen LogP contribution is -2.40. The van der Waals surface area contributed by atoms with Crippen molar-refractivity contribution in [1.82, 2.24) is 24.5 Å². The number of hydrogen-bond acceptors (Lipinski definition) is 7. The molecule has 0 aromatic carbocycles. The molecule has 0 saturated carbocycles. The molecule has 11 nitrogen and oxygen atoms in total. The van der Waals surface area contributed by atoms with Crippen LogP contribution < -0.4 is 10.0 Å². The number of pyridine rings is 2. The highest BCUT2D eigenvalue weighted by molar-refractivity contribution is 7.87. The fourth-order valence-corrected chi connectivity index (χ4v) is 3.00. The summed E-state index contributed by atoms with van der Waals surface area (Å²) in [5.41, 5.74) is 7.38. The second-order valence-electron chi connectivity index (χ2n) is 5.89. The number of rotatable bonds is 5. The Bertz CT molecular complexity index is 1110. The van der Waals surface area contributed by atoms with Gasteiger partial charge in [-0.25, -0.2) is 8.82 Å². The largest absolute Gasteiger partial charge is 0.366 e. The smallest absolute Gasteiger partial charge is 0.360 e. The minimum absolute atomic E-state index is 0.0448. The molecule has 3 aromatic heterocycles. The molecule has 0 fully saturated rings. The van der Waals surface area contributed by atoms with Crippen LogP contribution in [0.1, 0.15) is 0 Å². The van der Waals surface area contributed by atoms with Gasteiger partial charge in [0.25, 0.3) is 0 Å². The van der Waals surface area contributed by atoms with Gasteiger partial charge in [0.15, 0.2) is 5.65 Å². The van der Waals surface area contributed by atoms with Crippen molar-refractivity contribution in [1.29, 1.82) is 0 Å². The van der Waals surface area contributed by atoms with E-state index >= 15 is 0 Å². The number of carbonyl (C=O) groups is 1. The number of likely N-dealkylation sites (N-methyl/N-ethyl adjacent to an activating group) is 1. The molecule has 0 aliphatic heterocycles. The lowest BCUT2D eigenvalue weighted by atomic mass is 10.1. The number of hydrogen-bond donors (Lipinski definition) is 2. The first-order valence-corrected chi connectivity index (χ1v) is 9.07. The van der Waals surface area contributed by atoms with E-state index in [2.05, 4.69) is 15.1 Å². The Hall–Kier alpha value is -3.25. The van der Waals surface area contributed by atoms with Crippen molar-refractivity contribution in [2.75, 3.05) is 30.7 Å². The SMILES string of the molecule is CN(C)C(=O)CN(c1cncc(-c2ccc3nc(N)nn3c2)c1)S(=O)(=O)O. The summed E-state index contributed by atoms with van der Waals surface area (Å²) in [6.45, 7) is -0.560. The summed E-state index contributed by atoms with van der Waals surface area (Å²) in [5.74, 6) is -0.378. The average molecular weight is 391 g/mol. The average Bonchev–Trinajstić information content (AvgIpc) is 2.97. The summed E-state index contributed by atoms with van der Waals surface area (Å²) in [6.07, 6.45) is 4.41. The van der Waals surface area contributed by atoms with Gasteiger partial charge in [-0.2, -0.15) is 13.4 Å². The molecule has 0 radical (unpaired) electrons. The number of amides is 1. The van der Waals surface area contributed by atoms with Gasteiger partial charge in [-0.3, -0.25) is 14.3 Å². The lowest BCUT2D eigenvalue weighted by Gasteiger charge is -2.22. The highest BCUT2D eigenvalue weighted by Crippen LogP contribution is 2.25. The molecule has 0 bridgehead atoms. The van der Waals surface area contributed by atoms with Crippen molar-refractivity contribution in [3.63, 3.8) is 0 Å². The van der Waals surface area contributed by atoms with E-state index in [4.69, 9.17) is 5.73 Å². The number of nitrogens with zero attached hydrogens (tertiary/aromatic N) is 6. The van der Waals surface area contributed by atoms with Crippen molar-refractivity contribution in [2.45, 2.75) is 0 Å². The standard InChI is InChI=1S/C15H17N7O4S/c1-20(2)14(23)9-22(27(24,25)26)12-5-11(6-17-7-12)10-3-4-13-18-15(16)19-21(13)8-10/h3-8H,9H2,1-2H3,(H2,16,19)(H,24,25,26). The lowest BCUT2D eigenvalue weighted by molar-refractivity contribution is -0.127. The van der Waals surface area contributed by atoms with E-state index in [-0.39, 0.29) is 11.6 Å². The van der Waals surface area contributed by atoms with Gasteiger partial charge in [-0.15, -0.1) is 5.10 Å². The number of nitrogens with two attached hydrogens (primary N) is 1. The zero-order valence-corrected chi connectivity index (χ0v) is 15.3. The Morgan fingerprint density at radius 1 is 1.26 bits per heavy atom. The Labute approximate surface area is 154 Å². The summed E-state index contributed by atoms with van der Waals surface area (Å²) < 4.78 is 35.1. The van der Waals surface area contributed by atoms with E-state index in [1.165, 1.54) is 42.0 Å². The van der Waals surface area contributed by atoms with Crippen molar-refractivity contribution in [2.24, 2.45) is 0 Å². The van der Waals surface area contributed by atoms with Crippen LogP contribution in [0.5, 0.6) is 0 Å². The molecular weight excluding hydrogens is 374 g/mol. The Balaban J connectivity index is 2.02. The zero-order chi connectivity index (χ0) is 19.8. The maximum atomic E-state index is 11.9. The van der Waals surface area contributed by atoms with Gasteiger partial charge in [0.1, 0.15) is 6.54 Å². The van der Waals surface area contributed by atoms with E-state index in [0.29, 0.717) is 21.1 Å². The third-order valence-corrected chi connectivity index (χ3v) is 4.65. The van der Waals surface area contributed by atoms with E-state index in [1.54, 1.807) is 18.3 Å².